The molecule has 1 unspecified atom stereocenters. The summed E-state index contributed by atoms with van der Waals surface area (Å²) >= 11 is 6.12. The van der Waals surface area contributed by atoms with Gasteiger partial charge in [-0.15, -0.1) is 0 Å². The molecule has 21 heavy (non-hydrogen) atoms. The summed E-state index contributed by atoms with van der Waals surface area (Å²) in [6.45, 7) is 0.527. The lowest BCUT2D eigenvalue weighted by Crippen LogP contribution is -2.18. The van der Waals surface area contributed by atoms with Gasteiger partial charge in [0.25, 0.3) is 5.69 Å². The van der Waals surface area contributed by atoms with Gasteiger partial charge in [-0.1, -0.05) is 35.9 Å². The lowest BCUT2D eigenvalue weighted by molar-refractivity contribution is -0.384. The zero-order valence-corrected chi connectivity index (χ0v) is 12.1. The van der Waals surface area contributed by atoms with Crippen LogP contribution in [0.5, 0.6) is 0 Å². The Morgan fingerprint density at radius 1 is 1.29 bits per heavy atom. The number of benzene rings is 2. The van der Waals surface area contributed by atoms with Gasteiger partial charge < -0.3 is 5.32 Å². The molecule has 0 spiro atoms. The van der Waals surface area contributed by atoms with Crippen LogP contribution >= 0.6 is 11.6 Å². The van der Waals surface area contributed by atoms with E-state index in [4.69, 9.17) is 11.6 Å². The smallest absolute Gasteiger partial charge is 0.269 e. The lowest BCUT2D eigenvalue weighted by Gasteiger charge is -2.14. The molecule has 0 aliphatic heterocycles. The van der Waals surface area contributed by atoms with Crippen LogP contribution in [0, 0.1) is 10.1 Å². The first-order chi connectivity index (χ1) is 10.1. The van der Waals surface area contributed by atoms with Crippen molar-refractivity contribution in [3.63, 3.8) is 0 Å². The quantitative estimate of drug-likeness (QED) is 0.685. The minimum atomic E-state index is -0.398. The molecule has 0 fully saturated rings. The predicted octanol–water partition coefficient (Wildman–Crippen LogP) is 4.03. The van der Waals surface area contributed by atoms with Gasteiger partial charge in [0.05, 0.1) is 4.92 Å². The minimum absolute atomic E-state index is 0.0722. The third-order valence-corrected chi connectivity index (χ3v) is 4.28. The van der Waals surface area contributed by atoms with Crippen LogP contribution in [0.25, 0.3) is 0 Å². The molecular formula is C16H15ClN2O2. The first-order valence-electron chi connectivity index (χ1n) is 6.89. The van der Waals surface area contributed by atoms with E-state index in [2.05, 4.69) is 23.5 Å². The Morgan fingerprint density at radius 2 is 2.10 bits per heavy atom. The monoisotopic (exact) mass is 302 g/mol. The summed E-state index contributed by atoms with van der Waals surface area (Å²) in [6, 6.07) is 13.2. The van der Waals surface area contributed by atoms with E-state index in [-0.39, 0.29) is 11.7 Å². The highest BCUT2D eigenvalue weighted by Gasteiger charge is 2.21. The highest BCUT2D eigenvalue weighted by Crippen LogP contribution is 2.31. The summed E-state index contributed by atoms with van der Waals surface area (Å²) < 4.78 is 0. The minimum Gasteiger partial charge on any atom is -0.306 e. The van der Waals surface area contributed by atoms with Gasteiger partial charge in [-0.3, -0.25) is 10.1 Å². The molecule has 0 radical (unpaired) electrons. The molecule has 2 aromatic carbocycles. The number of halogens is 1. The van der Waals surface area contributed by atoms with Crippen molar-refractivity contribution in [2.24, 2.45) is 0 Å². The van der Waals surface area contributed by atoms with Crippen molar-refractivity contribution >= 4 is 17.3 Å². The van der Waals surface area contributed by atoms with Crippen LogP contribution in [0.15, 0.2) is 42.5 Å². The van der Waals surface area contributed by atoms with Crippen LogP contribution in [-0.2, 0) is 13.0 Å². The zero-order valence-electron chi connectivity index (χ0n) is 11.4. The van der Waals surface area contributed by atoms with Crippen LogP contribution in [0.1, 0.15) is 29.2 Å². The first kappa shape index (κ1) is 14.0. The number of fused-ring (bicyclic) bond motifs is 1. The molecule has 4 nitrogen and oxygen atoms in total. The van der Waals surface area contributed by atoms with Crippen LogP contribution < -0.4 is 5.32 Å². The SMILES string of the molecule is O=[N+]([O-])c1ccc(Cl)c(CNC2CCc3ccccc32)c1. The van der Waals surface area contributed by atoms with Crippen LogP contribution in [-0.4, -0.2) is 4.92 Å². The van der Waals surface area contributed by atoms with Crippen molar-refractivity contribution < 1.29 is 4.92 Å². The van der Waals surface area contributed by atoms with Crippen LogP contribution in [0.3, 0.4) is 0 Å². The van der Waals surface area contributed by atoms with Crippen LogP contribution in [0.2, 0.25) is 5.02 Å². The Morgan fingerprint density at radius 3 is 2.90 bits per heavy atom. The van der Waals surface area contributed by atoms with E-state index in [1.165, 1.54) is 23.3 Å². The number of hydrogen-bond acceptors (Lipinski definition) is 3. The van der Waals surface area contributed by atoms with Gasteiger partial charge in [0, 0.05) is 29.7 Å². The molecule has 0 aromatic heterocycles. The fraction of sp³-hybridized carbons (Fsp3) is 0.250. The molecule has 0 saturated heterocycles. The normalized spacial score (nSPS) is 16.7. The molecule has 108 valence electrons. The van der Waals surface area contributed by atoms with E-state index in [1.54, 1.807) is 6.07 Å². The van der Waals surface area contributed by atoms with Gasteiger partial charge in [0.2, 0.25) is 0 Å². The van der Waals surface area contributed by atoms with Crippen molar-refractivity contribution in [1.29, 1.82) is 0 Å². The number of nitro groups is 1. The van der Waals surface area contributed by atoms with Gasteiger partial charge in [-0.05, 0) is 35.6 Å². The predicted molar refractivity (Wildman–Crippen MR) is 82.5 cm³/mol. The highest BCUT2D eigenvalue weighted by atomic mass is 35.5. The van der Waals surface area contributed by atoms with E-state index in [0.717, 1.165) is 18.4 Å². The maximum absolute atomic E-state index is 10.8. The number of non-ortho nitro benzene ring substituents is 1. The molecule has 0 heterocycles. The second-order valence-corrected chi connectivity index (χ2v) is 5.61. The lowest BCUT2D eigenvalue weighted by atomic mass is 10.1. The van der Waals surface area contributed by atoms with E-state index in [0.29, 0.717) is 11.6 Å². The summed E-state index contributed by atoms with van der Waals surface area (Å²) in [6.07, 6.45) is 2.11. The molecule has 1 aliphatic carbocycles. The molecule has 0 amide bonds. The van der Waals surface area contributed by atoms with Crippen molar-refractivity contribution in [2.75, 3.05) is 0 Å². The Labute approximate surface area is 127 Å². The third kappa shape index (κ3) is 2.91. The number of hydrogen-bond donors (Lipinski definition) is 1. The average Bonchev–Trinajstić information content (AvgIpc) is 2.89. The maximum atomic E-state index is 10.8. The molecule has 1 atom stereocenters. The van der Waals surface area contributed by atoms with Crippen LogP contribution in [0.4, 0.5) is 5.69 Å². The van der Waals surface area contributed by atoms with Gasteiger partial charge in [0.1, 0.15) is 0 Å². The maximum Gasteiger partial charge on any atom is 0.269 e. The van der Waals surface area contributed by atoms with Gasteiger partial charge in [0.15, 0.2) is 0 Å². The standard InChI is InChI=1S/C16H15ClN2O2/c17-15-7-6-13(19(20)21)9-12(15)10-18-16-8-5-11-3-1-2-4-14(11)16/h1-4,6-7,9,16,18H,5,8,10H2. The fourth-order valence-corrected chi connectivity index (χ4v) is 3.00. The Bertz CT molecular complexity index is 688. The third-order valence-electron chi connectivity index (χ3n) is 3.91. The molecule has 5 heteroatoms. The fourth-order valence-electron chi connectivity index (χ4n) is 2.81. The topological polar surface area (TPSA) is 55.2 Å². The van der Waals surface area contributed by atoms with Crippen molar-refractivity contribution in [3.8, 4) is 0 Å². The Hall–Kier alpha value is -1.91. The number of nitrogens with zero attached hydrogens (tertiary/aromatic N) is 1. The molecule has 2 aromatic rings. The highest BCUT2D eigenvalue weighted by molar-refractivity contribution is 6.31. The average molecular weight is 303 g/mol. The Kier molecular flexibility index (Phi) is 3.90. The molecule has 1 aliphatic rings. The molecule has 0 saturated carbocycles. The molecule has 0 bridgehead atoms. The van der Waals surface area contributed by atoms with E-state index in [9.17, 15) is 10.1 Å². The first-order valence-corrected chi connectivity index (χ1v) is 7.27. The van der Waals surface area contributed by atoms with Crippen molar-refractivity contribution in [3.05, 3.63) is 74.3 Å². The molecule has 3 rings (SSSR count). The van der Waals surface area contributed by atoms with E-state index < -0.39 is 4.92 Å². The number of nitrogens with one attached hydrogen (secondary N) is 1. The number of rotatable bonds is 4. The molecular weight excluding hydrogens is 288 g/mol. The summed E-state index contributed by atoms with van der Waals surface area (Å²) in [5.74, 6) is 0. The van der Waals surface area contributed by atoms with E-state index in [1.807, 2.05) is 6.07 Å². The summed E-state index contributed by atoms with van der Waals surface area (Å²) in [7, 11) is 0. The molecule has 1 N–H and O–H groups in total. The summed E-state index contributed by atoms with van der Waals surface area (Å²) in [5, 5.41) is 14.8. The largest absolute Gasteiger partial charge is 0.306 e. The second-order valence-electron chi connectivity index (χ2n) is 5.20. The van der Waals surface area contributed by atoms with Gasteiger partial charge in [-0.2, -0.15) is 0 Å². The van der Waals surface area contributed by atoms with Crippen molar-refractivity contribution in [2.45, 2.75) is 25.4 Å². The number of aryl methyl sites for hydroxylation is 1. The summed E-state index contributed by atoms with van der Waals surface area (Å²) in [4.78, 5) is 10.4. The van der Waals surface area contributed by atoms with Gasteiger partial charge in [-0.25, -0.2) is 0 Å². The second kappa shape index (κ2) is 5.84. The van der Waals surface area contributed by atoms with E-state index >= 15 is 0 Å². The Balaban J connectivity index is 1.74. The van der Waals surface area contributed by atoms with Gasteiger partial charge >= 0.3 is 0 Å². The zero-order chi connectivity index (χ0) is 14.8. The number of nitro benzene ring substituents is 1. The van der Waals surface area contributed by atoms with Crippen molar-refractivity contribution in [1.82, 2.24) is 5.32 Å². The summed E-state index contributed by atoms with van der Waals surface area (Å²) in [5.41, 5.74) is 3.53.